The van der Waals surface area contributed by atoms with Gasteiger partial charge in [-0.25, -0.2) is 4.98 Å². The van der Waals surface area contributed by atoms with Gasteiger partial charge in [0, 0.05) is 13.1 Å². The molecule has 0 spiro atoms. The molecule has 7 nitrogen and oxygen atoms in total. The van der Waals surface area contributed by atoms with Gasteiger partial charge in [-0.1, -0.05) is 0 Å². The molecule has 104 valence electrons. The van der Waals surface area contributed by atoms with Crippen molar-refractivity contribution in [1.29, 1.82) is 0 Å². The molecule has 1 aliphatic heterocycles. The number of hydrogen-bond donors (Lipinski definition) is 2. The predicted octanol–water partition coefficient (Wildman–Crippen LogP) is 0.0536. The molecule has 1 saturated heterocycles. The minimum Gasteiger partial charge on any atom is -0.376 e. The molecule has 7 heteroatoms. The Balaban J connectivity index is 1.86. The summed E-state index contributed by atoms with van der Waals surface area (Å²) in [5.41, 5.74) is 0.287. The van der Waals surface area contributed by atoms with E-state index >= 15 is 0 Å². The number of nitrogens with zero attached hydrogens (tertiary/aromatic N) is 2. The molecule has 2 heterocycles. The lowest BCUT2D eigenvalue weighted by Gasteiger charge is -2.22. The van der Waals surface area contributed by atoms with Gasteiger partial charge in [-0.05, 0) is 6.92 Å². The first-order chi connectivity index (χ1) is 9.29. The van der Waals surface area contributed by atoms with Crippen molar-refractivity contribution in [2.75, 3.05) is 38.2 Å². The number of aromatic nitrogens is 2. The zero-order chi connectivity index (χ0) is 13.5. The second kappa shape index (κ2) is 7.01. The highest BCUT2D eigenvalue weighted by molar-refractivity contribution is 5.92. The number of anilines is 1. The summed E-state index contributed by atoms with van der Waals surface area (Å²) in [7, 11) is 0. The van der Waals surface area contributed by atoms with E-state index in [2.05, 4.69) is 20.6 Å². The van der Waals surface area contributed by atoms with Crippen LogP contribution >= 0.6 is 0 Å². The Kier molecular flexibility index (Phi) is 5.05. The van der Waals surface area contributed by atoms with Gasteiger partial charge in [0.05, 0.1) is 38.3 Å². The average molecular weight is 266 g/mol. The Labute approximate surface area is 111 Å². The first kappa shape index (κ1) is 13.7. The van der Waals surface area contributed by atoms with Gasteiger partial charge < -0.3 is 20.1 Å². The maximum absolute atomic E-state index is 11.9. The summed E-state index contributed by atoms with van der Waals surface area (Å²) >= 11 is 0. The van der Waals surface area contributed by atoms with Crippen LogP contribution < -0.4 is 10.6 Å². The van der Waals surface area contributed by atoms with E-state index in [1.807, 2.05) is 6.92 Å². The van der Waals surface area contributed by atoms with E-state index in [1.165, 1.54) is 6.20 Å². The van der Waals surface area contributed by atoms with Crippen molar-refractivity contribution in [2.45, 2.75) is 13.0 Å². The highest BCUT2D eigenvalue weighted by Crippen LogP contribution is 2.03. The van der Waals surface area contributed by atoms with Gasteiger partial charge in [0.1, 0.15) is 11.5 Å². The standard InChI is InChI=1S/C12H18N4O3/c1-2-14-11-7-13-6-10(16-11)12(17)15-5-9-8-18-3-4-19-9/h6-7,9H,2-5,8H2,1H3,(H,14,16)(H,15,17). The van der Waals surface area contributed by atoms with Crippen LogP contribution in [0.1, 0.15) is 17.4 Å². The number of amides is 1. The number of rotatable bonds is 5. The molecular weight excluding hydrogens is 248 g/mol. The summed E-state index contributed by atoms with van der Waals surface area (Å²) in [5.74, 6) is 0.328. The minimum absolute atomic E-state index is 0.0948. The van der Waals surface area contributed by atoms with Crippen molar-refractivity contribution in [3.63, 3.8) is 0 Å². The monoisotopic (exact) mass is 266 g/mol. The number of nitrogens with one attached hydrogen (secondary N) is 2. The molecule has 1 atom stereocenters. The molecule has 19 heavy (non-hydrogen) atoms. The van der Waals surface area contributed by atoms with Crippen molar-refractivity contribution in [2.24, 2.45) is 0 Å². The molecule has 2 rings (SSSR count). The third-order valence-corrected chi connectivity index (χ3v) is 2.60. The van der Waals surface area contributed by atoms with Crippen molar-refractivity contribution < 1.29 is 14.3 Å². The predicted molar refractivity (Wildman–Crippen MR) is 69.1 cm³/mol. The topological polar surface area (TPSA) is 85.4 Å². The molecule has 1 aromatic rings. The van der Waals surface area contributed by atoms with Crippen molar-refractivity contribution in [1.82, 2.24) is 15.3 Å². The Morgan fingerprint density at radius 2 is 2.37 bits per heavy atom. The number of carbonyl (C=O) groups excluding carboxylic acids is 1. The zero-order valence-corrected chi connectivity index (χ0v) is 10.9. The molecule has 0 bridgehead atoms. The van der Waals surface area contributed by atoms with Crippen molar-refractivity contribution in [3.05, 3.63) is 18.1 Å². The maximum atomic E-state index is 11.9. The van der Waals surface area contributed by atoms with E-state index in [9.17, 15) is 4.79 Å². The lowest BCUT2D eigenvalue weighted by atomic mass is 10.3. The Hall–Kier alpha value is -1.73. The van der Waals surface area contributed by atoms with Crippen molar-refractivity contribution in [3.8, 4) is 0 Å². The van der Waals surface area contributed by atoms with Gasteiger partial charge in [0.15, 0.2) is 0 Å². The highest BCUT2D eigenvalue weighted by Gasteiger charge is 2.16. The quantitative estimate of drug-likeness (QED) is 0.783. The lowest BCUT2D eigenvalue weighted by Crippen LogP contribution is -2.40. The lowest BCUT2D eigenvalue weighted by molar-refractivity contribution is -0.0855. The van der Waals surface area contributed by atoms with Gasteiger partial charge in [0.2, 0.25) is 0 Å². The summed E-state index contributed by atoms with van der Waals surface area (Å²) in [6, 6.07) is 0. The third kappa shape index (κ3) is 4.15. The summed E-state index contributed by atoms with van der Waals surface area (Å²) < 4.78 is 10.7. The van der Waals surface area contributed by atoms with Gasteiger partial charge in [0.25, 0.3) is 5.91 Å². The van der Waals surface area contributed by atoms with Crippen LogP contribution in [-0.2, 0) is 9.47 Å². The van der Waals surface area contributed by atoms with Crippen LogP contribution in [0.25, 0.3) is 0 Å². The molecule has 1 fully saturated rings. The first-order valence-electron chi connectivity index (χ1n) is 6.33. The summed E-state index contributed by atoms with van der Waals surface area (Å²) in [4.78, 5) is 20.1. The van der Waals surface area contributed by atoms with Gasteiger partial charge in [-0.3, -0.25) is 9.78 Å². The average Bonchev–Trinajstić information content (AvgIpc) is 2.46. The van der Waals surface area contributed by atoms with E-state index in [0.29, 0.717) is 32.2 Å². The Morgan fingerprint density at radius 1 is 1.47 bits per heavy atom. The molecule has 1 amide bonds. The Morgan fingerprint density at radius 3 is 3.11 bits per heavy atom. The molecule has 1 aromatic heterocycles. The smallest absolute Gasteiger partial charge is 0.271 e. The molecule has 1 unspecified atom stereocenters. The van der Waals surface area contributed by atoms with Crippen LogP contribution in [0.15, 0.2) is 12.4 Å². The third-order valence-electron chi connectivity index (χ3n) is 2.60. The molecule has 0 aliphatic carbocycles. The van der Waals surface area contributed by atoms with E-state index < -0.39 is 0 Å². The van der Waals surface area contributed by atoms with E-state index in [0.717, 1.165) is 6.54 Å². The van der Waals surface area contributed by atoms with E-state index in [-0.39, 0.29) is 17.7 Å². The summed E-state index contributed by atoms with van der Waals surface area (Å²) in [6.45, 7) is 4.77. The molecule has 0 saturated carbocycles. The maximum Gasteiger partial charge on any atom is 0.271 e. The molecular formula is C12H18N4O3. The number of hydrogen-bond acceptors (Lipinski definition) is 6. The molecule has 2 N–H and O–H groups in total. The first-order valence-corrected chi connectivity index (χ1v) is 6.33. The van der Waals surface area contributed by atoms with Crippen LogP contribution in [0.4, 0.5) is 5.82 Å². The minimum atomic E-state index is -0.263. The van der Waals surface area contributed by atoms with E-state index in [4.69, 9.17) is 9.47 Å². The zero-order valence-electron chi connectivity index (χ0n) is 10.9. The molecule has 0 aromatic carbocycles. The fourth-order valence-electron chi connectivity index (χ4n) is 1.69. The van der Waals surface area contributed by atoms with Gasteiger partial charge >= 0.3 is 0 Å². The fraction of sp³-hybridized carbons (Fsp3) is 0.583. The van der Waals surface area contributed by atoms with Crippen LogP contribution in [-0.4, -0.2) is 54.9 Å². The number of carbonyl (C=O) groups is 1. The highest BCUT2D eigenvalue weighted by atomic mass is 16.6. The van der Waals surface area contributed by atoms with Crippen molar-refractivity contribution >= 4 is 11.7 Å². The fourth-order valence-corrected chi connectivity index (χ4v) is 1.69. The molecule has 0 radical (unpaired) electrons. The summed E-state index contributed by atoms with van der Waals surface area (Å²) in [6.07, 6.45) is 2.93. The second-order valence-electron chi connectivity index (χ2n) is 4.10. The number of ether oxygens (including phenoxy) is 2. The molecule has 1 aliphatic rings. The Bertz CT molecular complexity index is 421. The van der Waals surface area contributed by atoms with Crippen LogP contribution in [0.3, 0.4) is 0 Å². The summed E-state index contributed by atoms with van der Waals surface area (Å²) in [5, 5.41) is 5.77. The van der Waals surface area contributed by atoms with Crippen LogP contribution in [0.5, 0.6) is 0 Å². The van der Waals surface area contributed by atoms with Gasteiger partial charge in [-0.2, -0.15) is 0 Å². The van der Waals surface area contributed by atoms with E-state index in [1.54, 1.807) is 6.20 Å². The largest absolute Gasteiger partial charge is 0.376 e. The second-order valence-corrected chi connectivity index (χ2v) is 4.10. The SMILES string of the molecule is CCNc1cncc(C(=O)NCC2COCCO2)n1. The van der Waals surface area contributed by atoms with Gasteiger partial charge in [-0.15, -0.1) is 0 Å². The van der Waals surface area contributed by atoms with Crippen LogP contribution in [0, 0.1) is 0 Å². The van der Waals surface area contributed by atoms with Crippen LogP contribution in [0.2, 0.25) is 0 Å². The normalized spacial score (nSPS) is 18.9.